The van der Waals surface area contributed by atoms with Gasteiger partial charge in [-0.3, -0.25) is 0 Å². The molecule has 0 aromatic carbocycles. The van der Waals surface area contributed by atoms with Crippen LogP contribution >= 0.6 is 0 Å². The maximum absolute atomic E-state index is 10.1. The molecule has 1 N–H and O–H groups in total. The Bertz CT molecular complexity index is 169. The summed E-state index contributed by atoms with van der Waals surface area (Å²) >= 11 is 0. The van der Waals surface area contributed by atoms with Crippen LogP contribution in [0, 0.1) is 23.2 Å². The monoisotopic (exact) mass is 183 g/mol. The molecule has 0 aromatic heterocycles. The first-order valence-corrected chi connectivity index (χ1v) is 4.99. The number of nitriles is 1. The molecule has 0 aliphatic heterocycles. The van der Waals surface area contributed by atoms with E-state index >= 15 is 0 Å². The summed E-state index contributed by atoms with van der Waals surface area (Å²) in [6, 6.07) is 2.07. The summed E-state index contributed by atoms with van der Waals surface area (Å²) in [7, 11) is 0. The van der Waals surface area contributed by atoms with Crippen molar-refractivity contribution in [3.05, 3.63) is 0 Å². The van der Waals surface area contributed by atoms with E-state index in [-0.39, 0.29) is 6.42 Å². The van der Waals surface area contributed by atoms with Gasteiger partial charge in [-0.05, 0) is 24.7 Å². The Kier molecular flexibility index (Phi) is 5.02. The zero-order valence-electron chi connectivity index (χ0n) is 9.17. The molecular formula is C11H21NO. The highest BCUT2D eigenvalue weighted by atomic mass is 16.3. The first-order chi connectivity index (χ1) is 5.89. The predicted molar refractivity (Wildman–Crippen MR) is 54.1 cm³/mol. The second-order valence-electron chi connectivity index (χ2n) is 4.76. The minimum Gasteiger partial charge on any atom is -0.389 e. The standard InChI is InChI=1S/C11H21NO/c1-9(2)7-11(13,5-6-12)8-10(3)4/h9-10,13H,5,7-8H2,1-4H3. The van der Waals surface area contributed by atoms with Crippen molar-refractivity contribution in [3.63, 3.8) is 0 Å². The van der Waals surface area contributed by atoms with Gasteiger partial charge in [-0.15, -0.1) is 0 Å². The quantitative estimate of drug-likeness (QED) is 0.712. The molecule has 0 bridgehead atoms. The van der Waals surface area contributed by atoms with Crippen molar-refractivity contribution in [1.29, 1.82) is 5.26 Å². The summed E-state index contributed by atoms with van der Waals surface area (Å²) < 4.78 is 0. The van der Waals surface area contributed by atoms with Gasteiger partial charge in [-0.2, -0.15) is 5.26 Å². The fraction of sp³-hybridized carbons (Fsp3) is 0.909. The zero-order valence-corrected chi connectivity index (χ0v) is 9.17. The summed E-state index contributed by atoms with van der Waals surface area (Å²) in [4.78, 5) is 0. The minimum atomic E-state index is -0.767. The van der Waals surface area contributed by atoms with Crippen molar-refractivity contribution in [2.24, 2.45) is 11.8 Å². The Hall–Kier alpha value is -0.550. The van der Waals surface area contributed by atoms with E-state index in [2.05, 4.69) is 33.8 Å². The molecular weight excluding hydrogens is 162 g/mol. The van der Waals surface area contributed by atoms with Gasteiger partial charge in [0.2, 0.25) is 0 Å². The highest BCUT2D eigenvalue weighted by molar-refractivity contribution is 4.90. The van der Waals surface area contributed by atoms with Gasteiger partial charge < -0.3 is 5.11 Å². The van der Waals surface area contributed by atoms with Crippen LogP contribution in [0.3, 0.4) is 0 Å². The molecule has 0 spiro atoms. The highest BCUT2D eigenvalue weighted by Gasteiger charge is 2.28. The molecule has 0 amide bonds. The summed E-state index contributed by atoms with van der Waals surface area (Å²) in [6.07, 6.45) is 1.70. The highest BCUT2D eigenvalue weighted by Crippen LogP contribution is 2.27. The molecule has 0 aromatic rings. The molecule has 0 saturated heterocycles. The van der Waals surface area contributed by atoms with Gasteiger partial charge in [0.1, 0.15) is 0 Å². The Labute approximate surface area is 81.6 Å². The summed E-state index contributed by atoms with van der Waals surface area (Å²) in [5, 5.41) is 18.7. The lowest BCUT2D eigenvalue weighted by Crippen LogP contribution is -2.31. The van der Waals surface area contributed by atoms with E-state index in [0.29, 0.717) is 11.8 Å². The lowest BCUT2D eigenvalue weighted by atomic mass is 9.83. The largest absolute Gasteiger partial charge is 0.389 e. The van der Waals surface area contributed by atoms with Crippen LogP contribution in [-0.4, -0.2) is 10.7 Å². The van der Waals surface area contributed by atoms with E-state index in [9.17, 15) is 5.11 Å². The van der Waals surface area contributed by atoms with Crippen LogP contribution in [0.4, 0.5) is 0 Å². The van der Waals surface area contributed by atoms with Crippen LogP contribution in [0.25, 0.3) is 0 Å². The average Bonchev–Trinajstić information content (AvgIpc) is 1.81. The van der Waals surface area contributed by atoms with Gasteiger partial charge >= 0.3 is 0 Å². The third-order valence-corrected chi connectivity index (χ3v) is 1.98. The van der Waals surface area contributed by atoms with Crippen LogP contribution in [0.5, 0.6) is 0 Å². The van der Waals surface area contributed by atoms with Gasteiger partial charge in [-0.25, -0.2) is 0 Å². The topological polar surface area (TPSA) is 44.0 Å². The zero-order chi connectivity index (χ0) is 10.5. The predicted octanol–water partition coefficient (Wildman–Crippen LogP) is 2.72. The fourth-order valence-electron chi connectivity index (χ4n) is 1.89. The van der Waals surface area contributed by atoms with E-state index in [1.165, 1.54) is 0 Å². The molecule has 2 heteroatoms. The number of hydrogen-bond donors (Lipinski definition) is 1. The van der Waals surface area contributed by atoms with Crippen LogP contribution in [0.1, 0.15) is 47.0 Å². The van der Waals surface area contributed by atoms with Crippen LogP contribution < -0.4 is 0 Å². The summed E-state index contributed by atoms with van der Waals surface area (Å²) in [5.74, 6) is 0.884. The maximum atomic E-state index is 10.1. The molecule has 0 aliphatic carbocycles. The molecule has 0 heterocycles. The third kappa shape index (κ3) is 5.65. The maximum Gasteiger partial charge on any atom is 0.0782 e. The van der Waals surface area contributed by atoms with Crippen molar-refractivity contribution in [2.45, 2.75) is 52.6 Å². The van der Waals surface area contributed by atoms with Crippen molar-refractivity contribution in [1.82, 2.24) is 0 Å². The van der Waals surface area contributed by atoms with Crippen molar-refractivity contribution in [3.8, 4) is 6.07 Å². The Morgan fingerprint density at radius 2 is 1.54 bits per heavy atom. The van der Waals surface area contributed by atoms with E-state index in [1.54, 1.807) is 0 Å². The third-order valence-electron chi connectivity index (χ3n) is 1.98. The molecule has 0 saturated carbocycles. The number of rotatable bonds is 5. The SMILES string of the molecule is CC(C)CC(O)(CC#N)CC(C)C. The Balaban J connectivity index is 4.26. The second-order valence-corrected chi connectivity index (χ2v) is 4.76. The first-order valence-electron chi connectivity index (χ1n) is 4.99. The number of hydrogen-bond acceptors (Lipinski definition) is 2. The summed E-state index contributed by atoms with van der Waals surface area (Å²) in [6.45, 7) is 8.29. The van der Waals surface area contributed by atoms with E-state index in [4.69, 9.17) is 5.26 Å². The molecule has 0 radical (unpaired) electrons. The molecule has 0 rings (SSSR count). The van der Waals surface area contributed by atoms with E-state index in [1.807, 2.05) is 0 Å². The van der Waals surface area contributed by atoms with Gasteiger partial charge in [-0.1, -0.05) is 27.7 Å². The second kappa shape index (κ2) is 5.24. The minimum absolute atomic E-state index is 0.253. The fourth-order valence-corrected chi connectivity index (χ4v) is 1.89. The molecule has 13 heavy (non-hydrogen) atoms. The Morgan fingerprint density at radius 1 is 1.15 bits per heavy atom. The molecule has 0 aliphatic rings. The van der Waals surface area contributed by atoms with Crippen LogP contribution in [0.2, 0.25) is 0 Å². The van der Waals surface area contributed by atoms with Crippen LogP contribution in [-0.2, 0) is 0 Å². The van der Waals surface area contributed by atoms with Gasteiger partial charge in [0.25, 0.3) is 0 Å². The van der Waals surface area contributed by atoms with E-state index < -0.39 is 5.60 Å². The number of nitrogens with zero attached hydrogens (tertiary/aromatic N) is 1. The molecule has 76 valence electrons. The normalized spacial score (nSPS) is 12.2. The van der Waals surface area contributed by atoms with Crippen molar-refractivity contribution < 1.29 is 5.11 Å². The van der Waals surface area contributed by atoms with Gasteiger partial charge in [0, 0.05) is 0 Å². The lowest BCUT2D eigenvalue weighted by Gasteiger charge is -2.29. The average molecular weight is 183 g/mol. The molecule has 0 atom stereocenters. The molecule has 2 nitrogen and oxygen atoms in total. The van der Waals surface area contributed by atoms with Crippen molar-refractivity contribution >= 4 is 0 Å². The Morgan fingerprint density at radius 3 is 1.77 bits per heavy atom. The smallest absolute Gasteiger partial charge is 0.0782 e. The lowest BCUT2D eigenvalue weighted by molar-refractivity contribution is 0.00476. The van der Waals surface area contributed by atoms with Gasteiger partial charge in [0.15, 0.2) is 0 Å². The van der Waals surface area contributed by atoms with Gasteiger partial charge in [0.05, 0.1) is 18.1 Å². The van der Waals surface area contributed by atoms with E-state index in [0.717, 1.165) is 12.8 Å². The molecule has 0 fully saturated rings. The number of aliphatic hydroxyl groups is 1. The van der Waals surface area contributed by atoms with Crippen LogP contribution in [0.15, 0.2) is 0 Å². The molecule has 0 unspecified atom stereocenters. The first kappa shape index (κ1) is 12.4. The summed E-state index contributed by atoms with van der Waals surface area (Å²) in [5.41, 5.74) is -0.767. The van der Waals surface area contributed by atoms with Crippen molar-refractivity contribution in [2.75, 3.05) is 0 Å².